The van der Waals surface area contributed by atoms with Crippen LogP contribution < -0.4 is 5.73 Å². The van der Waals surface area contributed by atoms with Gasteiger partial charge < -0.3 is 10.5 Å². The van der Waals surface area contributed by atoms with Gasteiger partial charge in [0.05, 0.1) is 12.2 Å². The third kappa shape index (κ3) is 3.71. The summed E-state index contributed by atoms with van der Waals surface area (Å²) in [6, 6.07) is 0.791. The van der Waals surface area contributed by atoms with E-state index in [1.807, 2.05) is 0 Å². The van der Waals surface area contributed by atoms with E-state index >= 15 is 0 Å². The maximum absolute atomic E-state index is 6.24. The lowest BCUT2D eigenvalue weighted by atomic mass is 9.82. The molecule has 0 amide bonds. The first kappa shape index (κ1) is 15.3. The largest absolute Gasteiger partial charge is 0.375 e. The lowest BCUT2D eigenvalue weighted by Gasteiger charge is -2.50. The third-order valence-corrected chi connectivity index (χ3v) is 4.72. The Labute approximate surface area is 118 Å². The molecule has 2 N–H and O–H groups in total. The van der Waals surface area contributed by atoms with Gasteiger partial charge in [0.2, 0.25) is 0 Å². The van der Waals surface area contributed by atoms with Gasteiger partial charge >= 0.3 is 0 Å². The molecule has 112 valence electrons. The van der Waals surface area contributed by atoms with E-state index in [-0.39, 0.29) is 5.54 Å². The van der Waals surface area contributed by atoms with Crippen LogP contribution in [0.15, 0.2) is 0 Å². The lowest BCUT2D eigenvalue weighted by Crippen LogP contribution is -2.60. The standard InChI is InChI=1S/C16H32N2O/c1-12(2)7-8-18(15-5-6-15)16(11-17)9-13(3)19-14(4)10-16/h12-15H,5-11,17H2,1-4H3. The van der Waals surface area contributed by atoms with Gasteiger partial charge in [-0.1, -0.05) is 13.8 Å². The van der Waals surface area contributed by atoms with Crippen LogP contribution in [0.5, 0.6) is 0 Å². The Morgan fingerprint density at radius 2 is 1.79 bits per heavy atom. The summed E-state index contributed by atoms with van der Waals surface area (Å²) in [4.78, 5) is 2.75. The molecule has 2 aliphatic rings. The molecule has 3 heteroatoms. The van der Waals surface area contributed by atoms with Gasteiger partial charge in [-0.3, -0.25) is 4.90 Å². The molecule has 2 unspecified atom stereocenters. The monoisotopic (exact) mass is 268 g/mol. The van der Waals surface area contributed by atoms with E-state index in [1.54, 1.807) is 0 Å². The molecular formula is C16H32N2O. The first-order valence-electron chi connectivity index (χ1n) is 8.09. The van der Waals surface area contributed by atoms with Gasteiger partial charge in [0.15, 0.2) is 0 Å². The maximum atomic E-state index is 6.24. The second-order valence-corrected chi connectivity index (χ2v) is 7.20. The van der Waals surface area contributed by atoms with Crippen LogP contribution in [0.3, 0.4) is 0 Å². The molecule has 0 aromatic carbocycles. The van der Waals surface area contributed by atoms with Crippen LogP contribution >= 0.6 is 0 Å². The molecule has 2 fully saturated rings. The molecule has 19 heavy (non-hydrogen) atoms. The second-order valence-electron chi connectivity index (χ2n) is 7.20. The van der Waals surface area contributed by atoms with Gasteiger partial charge in [0.25, 0.3) is 0 Å². The van der Waals surface area contributed by atoms with Crippen molar-refractivity contribution in [3.63, 3.8) is 0 Å². The molecule has 0 bridgehead atoms. The van der Waals surface area contributed by atoms with Crippen molar-refractivity contribution in [3.8, 4) is 0 Å². The summed E-state index contributed by atoms with van der Waals surface area (Å²) in [5.74, 6) is 0.769. The Morgan fingerprint density at radius 1 is 1.21 bits per heavy atom. The normalized spacial score (nSPS) is 36.2. The third-order valence-electron chi connectivity index (χ3n) is 4.72. The van der Waals surface area contributed by atoms with E-state index in [4.69, 9.17) is 10.5 Å². The smallest absolute Gasteiger partial charge is 0.0568 e. The predicted molar refractivity (Wildman–Crippen MR) is 80.2 cm³/mol. The van der Waals surface area contributed by atoms with E-state index < -0.39 is 0 Å². The first-order valence-corrected chi connectivity index (χ1v) is 8.09. The van der Waals surface area contributed by atoms with Crippen LogP contribution in [0.1, 0.15) is 59.8 Å². The van der Waals surface area contributed by atoms with E-state index in [9.17, 15) is 0 Å². The highest BCUT2D eigenvalue weighted by molar-refractivity contribution is 5.03. The molecule has 0 spiro atoms. The Morgan fingerprint density at radius 3 is 2.21 bits per heavy atom. The summed E-state index contributed by atoms with van der Waals surface area (Å²) in [7, 11) is 0. The Bertz CT molecular complexity index is 278. The summed E-state index contributed by atoms with van der Waals surface area (Å²) in [5.41, 5.74) is 6.43. The van der Waals surface area contributed by atoms with Gasteiger partial charge in [-0.05, 0) is 58.4 Å². The molecule has 0 aromatic rings. The van der Waals surface area contributed by atoms with Gasteiger partial charge in [-0.15, -0.1) is 0 Å². The topological polar surface area (TPSA) is 38.5 Å². The highest BCUT2D eigenvalue weighted by atomic mass is 16.5. The van der Waals surface area contributed by atoms with Crippen LogP contribution in [-0.2, 0) is 4.74 Å². The Balaban J connectivity index is 2.10. The highest BCUT2D eigenvalue weighted by Gasteiger charge is 2.47. The molecule has 1 heterocycles. The van der Waals surface area contributed by atoms with E-state index in [0.29, 0.717) is 12.2 Å². The zero-order chi connectivity index (χ0) is 14.0. The molecule has 0 radical (unpaired) electrons. The van der Waals surface area contributed by atoms with Gasteiger partial charge in [0, 0.05) is 18.1 Å². The molecular weight excluding hydrogens is 236 g/mol. The van der Waals surface area contributed by atoms with Gasteiger partial charge in [0.1, 0.15) is 0 Å². The first-order chi connectivity index (χ1) is 8.97. The van der Waals surface area contributed by atoms with Crippen molar-refractivity contribution in [2.45, 2.75) is 83.6 Å². The molecule has 0 aromatic heterocycles. The van der Waals surface area contributed by atoms with Crippen LogP contribution in [0, 0.1) is 5.92 Å². The molecule has 1 aliphatic carbocycles. The Kier molecular flexibility index (Phi) is 4.91. The zero-order valence-corrected chi connectivity index (χ0v) is 13.2. The van der Waals surface area contributed by atoms with Crippen molar-refractivity contribution in [2.24, 2.45) is 11.7 Å². The minimum Gasteiger partial charge on any atom is -0.375 e. The number of rotatable bonds is 6. The van der Waals surface area contributed by atoms with E-state index in [1.165, 1.54) is 25.8 Å². The van der Waals surface area contributed by atoms with E-state index in [0.717, 1.165) is 31.3 Å². The number of hydrogen-bond donors (Lipinski definition) is 1. The average molecular weight is 268 g/mol. The minimum absolute atomic E-state index is 0.188. The van der Waals surface area contributed by atoms with Gasteiger partial charge in [-0.25, -0.2) is 0 Å². The van der Waals surface area contributed by atoms with Crippen molar-refractivity contribution in [1.82, 2.24) is 4.90 Å². The molecule has 1 saturated heterocycles. The number of ether oxygens (including phenoxy) is 1. The van der Waals surface area contributed by atoms with Crippen molar-refractivity contribution < 1.29 is 4.74 Å². The van der Waals surface area contributed by atoms with Crippen molar-refractivity contribution in [1.29, 1.82) is 0 Å². The lowest BCUT2D eigenvalue weighted by molar-refractivity contribution is -0.106. The quantitative estimate of drug-likeness (QED) is 0.805. The van der Waals surface area contributed by atoms with Crippen molar-refractivity contribution in [3.05, 3.63) is 0 Å². The summed E-state index contributed by atoms with van der Waals surface area (Å²) >= 11 is 0. The number of nitrogens with zero attached hydrogens (tertiary/aromatic N) is 1. The molecule has 2 rings (SSSR count). The molecule has 3 nitrogen and oxygen atoms in total. The zero-order valence-electron chi connectivity index (χ0n) is 13.2. The summed E-state index contributed by atoms with van der Waals surface area (Å²) in [6.45, 7) is 11.0. The average Bonchev–Trinajstić information content (AvgIpc) is 3.11. The Hall–Kier alpha value is -0.120. The molecule has 1 aliphatic heterocycles. The van der Waals surface area contributed by atoms with Gasteiger partial charge in [-0.2, -0.15) is 0 Å². The number of nitrogens with two attached hydrogens (primary N) is 1. The highest BCUT2D eigenvalue weighted by Crippen LogP contribution is 2.40. The minimum atomic E-state index is 0.188. The van der Waals surface area contributed by atoms with Crippen LogP contribution in [0.4, 0.5) is 0 Å². The predicted octanol–water partition coefficient (Wildman–Crippen LogP) is 2.78. The van der Waals surface area contributed by atoms with E-state index in [2.05, 4.69) is 32.6 Å². The summed E-state index contributed by atoms with van der Waals surface area (Å²) in [5, 5.41) is 0. The fourth-order valence-electron chi connectivity index (χ4n) is 3.76. The second kappa shape index (κ2) is 6.11. The maximum Gasteiger partial charge on any atom is 0.0568 e. The fraction of sp³-hybridized carbons (Fsp3) is 1.00. The summed E-state index contributed by atoms with van der Waals surface area (Å²) in [6.07, 6.45) is 6.89. The number of hydrogen-bond acceptors (Lipinski definition) is 3. The summed E-state index contributed by atoms with van der Waals surface area (Å²) < 4.78 is 5.94. The molecule has 2 atom stereocenters. The van der Waals surface area contributed by atoms with Crippen LogP contribution in [-0.4, -0.2) is 41.8 Å². The van der Waals surface area contributed by atoms with Crippen LogP contribution in [0.2, 0.25) is 0 Å². The molecule has 1 saturated carbocycles. The van der Waals surface area contributed by atoms with Crippen LogP contribution in [0.25, 0.3) is 0 Å². The SMILES string of the molecule is CC(C)CCN(C1CC1)C1(CN)CC(C)OC(C)C1. The fourth-order valence-corrected chi connectivity index (χ4v) is 3.76. The van der Waals surface area contributed by atoms with Crippen molar-refractivity contribution >= 4 is 0 Å². The van der Waals surface area contributed by atoms with Crippen molar-refractivity contribution in [2.75, 3.05) is 13.1 Å².